The van der Waals surface area contributed by atoms with Crippen molar-refractivity contribution in [3.05, 3.63) is 58.4 Å². The topological polar surface area (TPSA) is 82.3 Å². The molecule has 0 fully saturated rings. The van der Waals surface area contributed by atoms with Gasteiger partial charge in [-0.25, -0.2) is 4.39 Å². The highest BCUT2D eigenvalue weighted by molar-refractivity contribution is 6.32. The number of carbonyl (C=O) groups is 1. The number of amides is 1. The number of methoxy groups -OCH3 is 1. The molecule has 0 bridgehead atoms. The Morgan fingerprint density at radius 1 is 1.38 bits per heavy atom. The zero-order chi connectivity index (χ0) is 17.7. The summed E-state index contributed by atoms with van der Waals surface area (Å²) in [6.07, 6.45) is 1.30. The molecule has 0 unspecified atom stereocenters. The van der Waals surface area contributed by atoms with Crippen LogP contribution in [0.25, 0.3) is 6.08 Å². The number of carbonyl (C=O) groups excluding carboxylic acids is 1. The van der Waals surface area contributed by atoms with Crippen molar-refractivity contribution in [2.24, 2.45) is 0 Å². The Bertz CT molecular complexity index is 842. The lowest BCUT2D eigenvalue weighted by Crippen LogP contribution is -2.13. The maximum absolute atomic E-state index is 12.9. The second-order valence-corrected chi connectivity index (χ2v) is 5.09. The van der Waals surface area contributed by atoms with Gasteiger partial charge in [-0.2, -0.15) is 5.26 Å². The molecule has 122 valence electrons. The minimum Gasteiger partial charge on any atom is -0.503 e. The van der Waals surface area contributed by atoms with Crippen LogP contribution in [-0.4, -0.2) is 18.1 Å². The molecule has 0 radical (unpaired) electrons. The number of benzene rings is 2. The summed E-state index contributed by atoms with van der Waals surface area (Å²) in [7, 11) is 1.35. The number of nitrogens with one attached hydrogen (secondary N) is 1. The zero-order valence-electron chi connectivity index (χ0n) is 12.5. The Morgan fingerprint density at radius 3 is 2.62 bits per heavy atom. The highest BCUT2D eigenvalue weighted by atomic mass is 35.5. The first kappa shape index (κ1) is 17.3. The third-order valence-electron chi connectivity index (χ3n) is 3.05. The van der Waals surface area contributed by atoms with E-state index in [1.165, 1.54) is 49.6 Å². The van der Waals surface area contributed by atoms with Crippen molar-refractivity contribution in [1.82, 2.24) is 0 Å². The molecule has 0 aliphatic heterocycles. The third kappa shape index (κ3) is 4.03. The number of rotatable bonds is 4. The lowest BCUT2D eigenvalue weighted by Gasteiger charge is -2.07. The zero-order valence-corrected chi connectivity index (χ0v) is 13.3. The molecule has 0 heterocycles. The maximum Gasteiger partial charge on any atom is 0.266 e. The Labute approximate surface area is 142 Å². The minimum atomic E-state index is -0.660. The number of nitriles is 1. The van der Waals surface area contributed by atoms with Gasteiger partial charge in [-0.1, -0.05) is 11.6 Å². The van der Waals surface area contributed by atoms with Gasteiger partial charge >= 0.3 is 0 Å². The summed E-state index contributed by atoms with van der Waals surface area (Å²) in [5.41, 5.74) is 0.562. The van der Waals surface area contributed by atoms with Crippen molar-refractivity contribution in [3.63, 3.8) is 0 Å². The monoisotopic (exact) mass is 346 g/mol. The van der Waals surface area contributed by atoms with Crippen LogP contribution >= 0.6 is 11.6 Å². The SMILES string of the molecule is COc1cc(C=C(C#N)C(=O)Nc2ccc(F)cc2)cc(Cl)c1O. The first-order valence-corrected chi connectivity index (χ1v) is 7.07. The van der Waals surface area contributed by atoms with Crippen LogP contribution in [0.15, 0.2) is 42.0 Å². The fraction of sp³-hybridized carbons (Fsp3) is 0.0588. The molecular formula is C17H12ClFN2O3. The van der Waals surface area contributed by atoms with E-state index >= 15 is 0 Å². The van der Waals surface area contributed by atoms with Crippen molar-refractivity contribution >= 4 is 29.3 Å². The average molecular weight is 347 g/mol. The van der Waals surface area contributed by atoms with Crippen LogP contribution in [0.4, 0.5) is 10.1 Å². The molecule has 0 aliphatic rings. The summed E-state index contributed by atoms with van der Waals surface area (Å²) >= 11 is 5.87. The van der Waals surface area contributed by atoms with Gasteiger partial charge < -0.3 is 15.2 Å². The van der Waals surface area contributed by atoms with Crippen molar-refractivity contribution in [1.29, 1.82) is 5.26 Å². The standard InChI is InChI=1S/C17H12ClFN2O3/c1-24-15-8-10(7-14(18)16(15)22)6-11(9-20)17(23)21-13-4-2-12(19)3-5-13/h2-8,22H,1H3,(H,21,23). The maximum atomic E-state index is 12.9. The molecule has 2 rings (SSSR count). The van der Waals surface area contributed by atoms with Gasteiger partial charge in [0.2, 0.25) is 0 Å². The molecule has 0 aromatic heterocycles. The van der Waals surface area contributed by atoms with E-state index in [2.05, 4.69) is 5.32 Å². The van der Waals surface area contributed by atoms with Crippen LogP contribution in [0.2, 0.25) is 5.02 Å². The van der Waals surface area contributed by atoms with Crippen molar-refractivity contribution < 1.29 is 19.0 Å². The second-order valence-electron chi connectivity index (χ2n) is 4.68. The molecule has 2 aromatic rings. The van der Waals surface area contributed by atoms with Crippen molar-refractivity contribution in [3.8, 4) is 17.6 Å². The van der Waals surface area contributed by atoms with E-state index in [1.807, 2.05) is 0 Å². The average Bonchev–Trinajstić information content (AvgIpc) is 2.57. The number of anilines is 1. The minimum absolute atomic E-state index is 0.0248. The van der Waals surface area contributed by atoms with Crippen LogP contribution in [0.3, 0.4) is 0 Å². The lowest BCUT2D eigenvalue weighted by atomic mass is 10.1. The van der Waals surface area contributed by atoms with Gasteiger partial charge in [0, 0.05) is 5.69 Å². The molecule has 1 amide bonds. The Kier molecular flexibility index (Phi) is 5.40. The largest absolute Gasteiger partial charge is 0.503 e. The number of hydrogen-bond donors (Lipinski definition) is 2. The summed E-state index contributed by atoms with van der Waals surface area (Å²) in [6, 6.07) is 9.74. The molecule has 2 N–H and O–H groups in total. The number of nitrogens with zero attached hydrogens (tertiary/aromatic N) is 1. The molecule has 24 heavy (non-hydrogen) atoms. The summed E-state index contributed by atoms with van der Waals surface area (Å²) in [4.78, 5) is 12.1. The van der Waals surface area contributed by atoms with Crippen LogP contribution in [0.5, 0.6) is 11.5 Å². The fourth-order valence-corrected chi connectivity index (χ4v) is 2.10. The molecule has 2 aromatic carbocycles. The number of phenolic OH excluding ortho intramolecular Hbond substituents is 1. The number of phenols is 1. The Morgan fingerprint density at radius 2 is 2.04 bits per heavy atom. The van der Waals surface area contributed by atoms with E-state index < -0.39 is 11.7 Å². The van der Waals surface area contributed by atoms with Crippen molar-refractivity contribution in [2.45, 2.75) is 0 Å². The quantitative estimate of drug-likeness (QED) is 0.652. The van der Waals surface area contributed by atoms with Gasteiger partial charge in [-0.15, -0.1) is 0 Å². The third-order valence-corrected chi connectivity index (χ3v) is 3.34. The van der Waals surface area contributed by atoms with Crippen LogP contribution in [0.1, 0.15) is 5.56 Å². The molecule has 7 heteroatoms. The van der Waals surface area contributed by atoms with Gasteiger partial charge in [0.1, 0.15) is 17.5 Å². The molecule has 5 nitrogen and oxygen atoms in total. The van der Waals surface area contributed by atoms with Crippen LogP contribution in [0, 0.1) is 17.1 Å². The summed E-state index contributed by atoms with van der Waals surface area (Å²) in [6.45, 7) is 0. The van der Waals surface area contributed by atoms with E-state index in [4.69, 9.17) is 16.3 Å². The predicted molar refractivity (Wildman–Crippen MR) is 88.3 cm³/mol. The Balaban J connectivity index is 2.29. The summed E-state index contributed by atoms with van der Waals surface area (Å²) in [5, 5.41) is 21.4. The smallest absolute Gasteiger partial charge is 0.266 e. The number of ether oxygens (including phenoxy) is 1. The first-order chi connectivity index (χ1) is 11.4. The lowest BCUT2D eigenvalue weighted by molar-refractivity contribution is -0.112. The summed E-state index contributed by atoms with van der Waals surface area (Å²) < 4.78 is 17.8. The Hall–Kier alpha value is -3.04. The molecule has 0 spiro atoms. The molecule has 0 atom stereocenters. The molecule has 0 aliphatic carbocycles. The van der Waals surface area contributed by atoms with Gasteiger partial charge in [-0.05, 0) is 48.0 Å². The normalized spacial score (nSPS) is 10.8. The molecule has 0 saturated heterocycles. The van der Waals surface area contributed by atoms with E-state index in [0.29, 0.717) is 11.3 Å². The first-order valence-electron chi connectivity index (χ1n) is 6.70. The van der Waals surface area contributed by atoms with E-state index in [9.17, 15) is 19.6 Å². The number of aromatic hydroxyl groups is 1. The van der Waals surface area contributed by atoms with Gasteiger partial charge in [0.15, 0.2) is 11.5 Å². The van der Waals surface area contributed by atoms with E-state index in [1.54, 1.807) is 6.07 Å². The highest BCUT2D eigenvalue weighted by Gasteiger charge is 2.12. The van der Waals surface area contributed by atoms with Gasteiger partial charge in [0.25, 0.3) is 5.91 Å². The van der Waals surface area contributed by atoms with Gasteiger partial charge in [0.05, 0.1) is 12.1 Å². The number of halogens is 2. The van der Waals surface area contributed by atoms with Crippen molar-refractivity contribution in [2.75, 3.05) is 12.4 Å². The van der Waals surface area contributed by atoms with Gasteiger partial charge in [-0.3, -0.25) is 4.79 Å². The second kappa shape index (κ2) is 7.49. The van der Waals surface area contributed by atoms with Crippen LogP contribution in [-0.2, 0) is 4.79 Å². The highest BCUT2D eigenvalue weighted by Crippen LogP contribution is 2.35. The predicted octanol–water partition coefficient (Wildman–Crippen LogP) is 3.74. The molecule has 0 saturated carbocycles. The van der Waals surface area contributed by atoms with Crippen LogP contribution < -0.4 is 10.1 Å². The van der Waals surface area contributed by atoms with E-state index in [0.717, 1.165) is 0 Å². The fourth-order valence-electron chi connectivity index (χ4n) is 1.88. The number of hydrogen-bond acceptors (Lipinski definition) is 4. The van der Waals surface area contributed by atoms with E-state index in [-0.39, 0.29) is 22.1 Å². The summed E-state index contributed by atoms with van der Waals surface area (Å²) in [5.74, 6) is -1.21. The molecular weight excluding hydrogens is 335 g/mol.